The van der Waals surface area contributed by atoms with Crippen LogP contribution in [0.25, 0.3) is 0 Å². The summed E-state index contributed by atoms with van der Waals surface area (Å²) < 4.78 is 0. The molecule has 0 bridgehead atoms. The van der Waals surface area contributed by atoms with Gasteiger partial charge < -0.3 is 0 Å². The molecule has 1 aromatic carbocycles. The molecular weight excluding hydrogens is 228 g/mol. The molecule has 1 atom stereocenters. The highest BCUT2D eigenvalue weighted by Gasteiger charge is 1.97. The summed E-state index contributed by atoms with van der Waals surface area (Å²) in [4.78, 5) is 0. The van der Waals surface area contributed by atoms with E-state index >= 15 is 0 Å². The molecule has 0 saturated carbocycles. The number of benzene rings is 1. The maximum absolute atomic E-state index is 2.39. The number of hydrogen-bond acceptors (Lipinski definition) is 0. The van der Waals surface area contributed by atoms with Crippen molar-refractivity contribution in [2.75, 3.05) is 0 Å². The van der Waals surface area contributed by atoms with Crippen molar-refractivity contribution in [3.05, 3.63) is 48.0 Å². The fraction of sp³-hybridized carbons (Fsp3) is 0.579. The van der Waals surface area contributed by atoms with Gasteiger partial charge in [-0.15, -0.1) is 0 Å². The monoisotopic (exact) mass is 258 g/mol. The average molecular weight is 258 g/mol. The summed E-state index contributed by atoms with van der Waals surface area (Å²) >= 11 is 0. The maximum Gasteiger partial charge on any atom is -0.00974 e. The van der Waals surface area contributed by atoms with Crippen molar-refractivity contribution in [2.24, 2.45) is 5.92 Å². The van der Waals surface area contributed by atoms with Gasteiger partial charge in [-0.3, -0.25) is 0 Å². The molecule has 0 saturated heterocycles. The lowest BCUT2D eigenvalue weighted by atomic mass is 10.0. The smallest absolute Gasteiger partial charge is 0.00974 e. The Kier molecular flexibility index (Phi) is 9.14. The lowest BCUT2D eigenvalue weighted by Crippen LogP contribution is -1.90. The summed E-state index contributed by atoms with van der Waals surface area (Å²) in [5.41, 5.74) is 1.41. The lowest BCUT2D eigenvalue weighted by molar-refractivity contribution is 0.542. The van der Waals surface area contributed by atoms with Gasteiger partial charge >= 0.3 is 0 Å². The van der Waals surface area contributed by atoms with Crippen molar-refractivity contribution >= 4 is 0 Å². The standard InChI is InChI=1S/C19H30/c1-3-4-5-6-7-9-13-18(2)14-12-17-19-15-10-8-11-16-19/h8,10-12,14-16,18H,3-7,9,13,17H2,1-2H3/b14-12+. The number of hydrogen-bond donors (Lipinski definition) is 0. The second-order valence-electron chi connectivity index (χ2n) is 5.65. The number of unbranched alkanes of at least 4 members (excludes halogenated alkanes) is 5. The average Bonchev–Trinajstić information content (AvgIpc) is 2.44. The molecule has 0 N–H and O–H groups in total. The third kappa shape index (κ3) is 8.64. The zero-order valence-electron chi connectivity index (χ0n) is 12.8. The van der Waals surface area contributed by atoms with Crippen molar-refractivity contribution in [3.63, 3.8) is 0 Å². The summed E-state index contributed by atoms with van der Waals surface area (Å²) in [6.45, 7) is 4.62. The third-order valence-electron chi connectivity index (χ3n) is 3.67. The van der Waals surface area contributed by atoms with Crippen LogP contribution in [0.3, 0.4) is 0 Å². The molecule has 0 fully saturated rings. The summed E-state index contributed by atoms with van der Waals surface area (Å²) in [5, 5.41) is 0. The first-order valence-electron chi connectivity index (χ1n) is 8.03. The number of allylic oxidation sites excluding steroid dienone is 2. The predicted octanol–water partition coefficient (Wildman–Crippen LogP) is 6.17. The molecule has 0 aromatic heterocycles. The Labute approximate surface area is 119 Å². The van der Waals surface area contributed by atoms with E-state index in [9.17, 15) is 0 Å². The summed E-state index contributed by atoms with van der Waals surface area (Å²) in [5.74, 6) is 0.731. The Morgan fingerprint density at radius 1 is 0.947 bits per heavy atom. The highest BCUT2D eigenvalue weighted by Crippen LogP contribution is 2.13. The van der Waals surface area contributed by atoms with E-state index in [4.69, 9.17) is 0 Å². The fourth-order valence-electron chi connectivity index (χ4n) is 2.39. The van der Waals surface area contributed by atoms with Crippen molar-refractivity contribution in [3.8, 4) is 0 Å². The van der Waals surface area contributed by atoms with Gasteiger partial charge in [0.1, 0.15) is 0 Å². The molecule has 0 spiro atoms. The van der Waals surface area contributed by atoms with Crippen molar-refractivity contribution in [1.82, 2.24) is 0 Å². The minimum Gasteiger partial charge on any atom is -0.0854 e. The van der Waals surface area contributed by atoms with Crippen LogP contribution < -0.4 is 0 Å². The van der Waals surface area contributed by atoms with E-state index in [0.717, 1.165) is 12.3 Å². The Hall–Kier alpha value is -1.04. The van der Waals surface area contributed by atoms with E-state index in [0.29, 0.717) is 0 Å². The van der Waals surface area contributed by atoms with Gasteiger partial charge in [0, 0.05) is 0 Å². The van der Waals surface area contributed by atoms with Crippen LogP contribution in [0.15, 0.2) is 42.5 Å². The Morgan fingerprint density at radius 3 is 2.37 bits per heavy atom. The SMILES string of the molecule is CCCCCCCCC(C)/C=C/Cc1ccccc1. The highest BCUT2D eigenvalue weighted by atomic mass is 14.0. The van der Waals surface area contributed by atoms with Gasteiger partial charge in [-0.2, -0.15) is 0 Å². The molecule has 0 aliphatic carbocycles. The largest absolute Gasteiger partial charge is 0.0854 e. The van der Waals surface area contributed by atoms with Crippen molar-refractivity contribution < 1.29 is 0 Å². The molecule has 0 aliphatic heterocycles. The molecule has 0 amide bonds. The zero-order valence-corrected chi connectivity index (χ0v) is 12.8. The van der Waals surface area contributed by atoms with Gasteiger partial charge in [0.05, 0.1) is 0 Å². The van der Waals surface area contributed by atoms with Crippen LogP contribution in [0.5, 0.6) is 0 Å². The second kappa shape index (κ2) is 10.8. The van der Waals surface area contributed by atoms with Gasteiger partial charge in [-0.1, -0.05) is 94.9 Å². The molecule has 0 radical (unpaired) electrons. The molecule has 0 aliphatic rings. The van der Waals surface area contributed by atoms with E-state index < -0.39 is 0 Å². The minimum absolute atomic E-state index is 0.731. The summed E-state index contributed by atoms with van der Waals surface area (Å²) in [6, 6.07) is 10.7. The maximum atomic E-state index is 2.39. The lowest BCUT2D eigenvalue weighted by Gasteiger charge is -2.06. The quantitative estimate of drug-likeness (QED) is 0.347. The Balaban J connectivity index is 2.05. The van der Waals surface area contributed by atoms with E-state index in [2.05, 4.69) is 56.3 Å². The molecule has 19 heavy (non-hydrogen) atoms. The Bertz CT molecular complexity index is 323. The first-order chi connectivity index (χ1) is 9.33. The van der Waals surface area contributed by atoms with Crippen LogP contribution >= 0.6 is 0 Å². The summed E-state index contributed by atoms with van der Waals surface area (Å²) in [6.07, 6.45) is 15.5. The second-order valence-corrected chi connectivity index (χ2v) is 5.65. The van der Waals surface area contributed by atoms with Crippen LogP contribution in [-0.2, 0) is 6.42 Å². The van der Waals surface area contributed by atoms with E-state index in [1.165, 1.54) is 50.5 Å². The van der Waals surface area contributed by atoms with Crippen LogP contribution in [0.1, 0.15) is 64.4 Å². The van der Waals surface area contributed by atoms with E-state index in [1.807, 2.05) is 0 Å². The molecule has 1 aromatic rings. The first-order valence-corrected chi connectivity index (χ1v) is 8.03. The highest BCUT2D eigenvalue weighted by molar-refractivity contribution is 5.17. The van der Waals surface area contributed by atoms with Gasteiger partial charge in [-0.05, 0) is 24.3 Å². The molecular formula is C19H30. The molecule has 1 rings (SSSR count). The van der Waals surface area contributed by atoms with Crippen LogP contribution in [0, 0.1) is 5.92 Å². The van der Waals surface area contributed by atoms with Gasteiger partial charge in [-0.25, -0.2) is 0 Å². The zero-order chi connectivity index (χ0) is 13.8. The normalized spacial score (nSPS) is 12.9. The third-order valence-corrected chi connectivity index (χ3v) is 3.67. The first kappa shape index (κ1) is 16.0. The molecule has 0 nitrogen and oxygen atoms in total. The van der Waals surface area contributed by atoms with E-state index in [1.54, 1.807) is 0 Å². The van der Waals surface area contributed by atoms with Crippen LogP contribution in [0.2, 0.25) is 0 Å². The fourth-order valence-corrected chi connectivity index (χ4v) is 2.39. The molecule has 0 heterocycles. The van der Waals surface area contributed by atoms with Crippen LogP contribution in [-0.4, -0.2) is 0 Å². The van der Waals surface area contributed by atoms with Gasteiger partial charge in [0.2, 0.25) is 0 Å². The van der Waals surface area contributed by atoms with Crippen molar-refractivity contribution in [1.29, 1.82) is 0 Å². The molecule has 1 unspecified atom stereocenters. The summed E-state index contributed by atoms with van der Waals surface area (Å²) in [7, 11) is 0. The van der Waals surface area contributed by atoms with Gasteiger partial charge in [0.15, 0.2) is 0 Å². The van der Waals surface area contributed by atoms with E-state index in [-0.39, 0.29) is 0 Å². The Morgan fingerprint density at radius 2 is 1.63 bits per heavy atom. The topological polar surface area (TPSA) is 0 Å². The molecule has 0 heteroatoms. The molecule has 106 valence electrons. The van der Waals surface area contributed by atoms with Crippen molar-refractivity contribution in [2.45, 2.75) is 65.2 Å². The van der Waals surface area contributed by atoms with Gasteiger partial charge in [0.25, 0.3) is 0 Å². The predicted molar refractivity (Wildman–Crippen MR) is 86.4 cm³/mol. The number of rotatable bonds is 10. The van der Waals surface area contributed by atoms with Crippen LogP contribution in [0.4, 0.5) is 0 Å². The minimum atomic E-state index is 0.731.